The number of nitrogens with one attached hydrogen (secondary N) is 2. The van der Waals surface area contributed by atoms with E-state index < -0.39 is 5.69 Å². The van der Waals surface area contributed by atoms with Gasteiger partial charge in [-0.05, 0) is 13.3 Å². The maximum Gasteiger partial charge on any atom is 0.328 e. The number of nitrogens with zero attached hydrogens (tertiary/aromatic N) is 3. The Labute approximate surface area is 113 Å². The van der Waals surface area contributed by atoms with Crippen molar-refractivity contribution in [2.75, 3.05) is 11.9 Å². The topological polar surface area (TPSA) is 92.7 Å². The first-order valence-electron chi connectivity index (χ1n) is 6.03. The van der Waals surface area contributed by atoms with Gasteiger partial charge in [0.25, 0.3) is 5.56 Å². The molecule has 2 heterocycles. The second kappa shape index (κ2) is 5.79. The molecule has 0 saturated heterocycles. The molecule has 0 amide bonds. The van der Waals surface area contributed by atoms with Crippen LogP contribution in [0.25, 0.3) is 0 Å². The molecule has 7 nitrogen and oxygen atoms in total. The van der Waals surface area contributed by atoms with Crippen molar-refractivity contribution in [2.45, 2.75) is 26.8 Å². The van der Waals surface area contributed by atoms with Crippen LogP contribution in [0, 0.1) is 0 Å². The molecule has 0 atom stereocenters. The van der Waals surface area contributed by atoms with Crippen LogP contribution in [-0.2, 0) is 13.0 Å². The Morgan fingerprint density at radius 2 is 2.16 bits per heavy atom. The maximum absolute atomic E-state index is 11.7. The minimum absolute atomic E-state index is 0.311. The fourth-order valence-electron chi connectivity index (χ4n) is 1.61. The second-order valence-corrected chi connectivity index (χ2v) is 4.99. The van der Waals surface area contributed by atoms with E-state index in [1.165, 1.54) is 15.9 Å². The lowest BCUT2D eigenvalue weighted by molar-refractivity contribution is 0.698. The van der Waals surface area contributed by atoms with E-state index in [4.69, 9.17) is 0 Å². The van der Waals surface area contributed by atoms with Crippen LogP contribution < -0.4 is 16.6 Å². The highest BCUT2D eigenvalue weighted by Gasteiger charge is 2.07. The monoisotopic (exact) mass is 281 g/mol. The number of anilines is 1. The lowest BCUT2D eigenvalue weighted by Gasteiger charge is -2.03. The van der Waals surface area contributed by atoms with Gasteiger partial charge in [-0.1, -0.05) is 18.3 Å². The molecule has 19 heavy (non-hydrogen) atoms. The smallest absolute Gasteiger partial charge is 0.328 e. The van der Waals surface area contributed by atoms with Crippen molar-refractivity contribution in [1.29, 1.82) is 0 Å². The van der Waals surface area contributed by atoms with Gasteiger partial charge in [-0.25, -0.2) is 4.79 Å². The first-order valence-corrected chi connectivity index (χ1v) is 6.84. The summed E-state index contributed by atoms with van der Waals surface area (Å²) in [5.41, 5.74) is -0.173. The van der Waals surface area contributed by atoms with E-state index in [2.05, 4.69) is 20.5 Å². The van der Waals surface area contributed by atoms with E-state index in [1.807, 2.05) is 13.8 Å². The van der Waals surface area contributed by atoms with Crippen LogP contribution in [0.4, 0.5) is 5.13 Å². The van der Waals surface area contributed by atoms with Gasteiger partial charge in [-0.15, -0.1) is 10.2 Å². The highest BCUT2D eigenvalue weighted by molar-refractivity contribution is 7.15. The van der Waals surface area contributed by atoms with Gasteiger partial charge in [0.1, 0.15) is 5.01 Å². The van der Waals surface area contributed by atoms with Gasteiger partial charge in [0.05, 0.1) is 6.54 Å². The van der Waals surface area contributed by atoms with Gasteiger partial charge in [0.15, 0.2) is 0 Å². The molecule has 102 valence electrons. The second-order valence-electron chi connectivity index (χ2n) is 3.93. The number of aromatic amines is 1. The van der Waals surface area contributed by atoms with Crippen molar-refractivity contribution in [3.8, 4) is 0 Å². The largest absolute Gasteiger partial charge is 0.360 e. The van der Waals surface area contributed by atoms with Gasteiger partial charge in [0, 0.05) is 18.3 Å². The van der Waals surface area contributed by atoms with Gasteiger partial charge < -0.3 is 5.32 Å². The summed E-state index contributed by atoms with van der Waals surface area (Å²) in [6.45, 7) is 4.92. The van der Waals surface area contributed by atoms with Crippen LogP contribution in [0.15, 0.2) is 15.8 Å². The SMILES string of the molecule is CCNc1nnc(Cn2cc(CC)c(=O)[nH]c2=O)s1. The zero-order chi connectivity index (χ0) is 13.8. The normalized spacial score (nSPS) is 10.6. The third-order valence-electron chi connectivity index (χ3n) is 2.57. The van der Waals surface area contributed by atoms with Crippen LogP contribution in [0.1, 0.15) is 24.4 Å². The van der Waals surface area contributed by atoms with Crippen molar-refractivity contribution in [3.05, 3.63) is 37.6 Å². The van der Waals surface area contributed by atoms with E-state index in [1.54, 1.807) is 6.20 Å². The molecule has 0 bridgehead atoms. The lowest BCUT2D eigenvalue weighted by Crippen LogP contribution is -2.31. The highest BCUT2D eigenvalue weighted by atomic mass is 32.1. The molecule has 0 aliphatic heterocycles. The number of rotatable bonds is 5. The zero-order valence-corrected chi connectivity index (χ0v) is 11.6. The third-order valence-corrected chi connectivity index (χ3v) is 3.43. The molecule has 2 rings (SSSR count). The zero-order valence-electron chi connectivity index (χ0n) is 10.8. The van der Waals surface area contributed by atoms with E-state index in [0.717, 1.165) is 11.7 Å². The van der Waals surface area contributed by atoms with E-state index in [-0.39, 0.29) is 5.56 Å². The van der Waals surface area contributed by atoms with Crippen LogP contribution in [0.3, 0.4) is 0 Å². The predicted molar refractivity (Wildman–Crippen MR) is 73.9 cm³/mol. The molecule has 0 aliphatic rings. The first-order chi connectivity index (χ1) is 9.13. The summed E-state index contributed by atoms with van der Waals surface area (Å²) < 4.78 is 1.44. The van der Waals surface area contributed by atoms with Crippen LogP contribution in [0.5, 0.6) is 0 Å². The minimum atomic E-state index is -0.428. The molecule has 0 unspecified atom stereocenters. The summed E-state index contributed by atoms with van der Waals surface area (Å²) in [6.07, 6.45) is 2.16. The average molecular weight is 281 g/mol. The highest BCUT2D eigenvalue weighted by Crippen LogP contribution is 2.15. The summed E-state index contributed by atoms with van der Waals surface area (Å²) in [6, 6.07) is 0. The number of aromatic nitrogens is 4. The molecule has 0 spiro atoms. The number of hydrogen-bond donors (Lipinski definition) is 2. The predicted octanol–water partition coefficient (Wildman–Crippen LogP) is 0.431. The molecule has 0 radical (unpaired) electrons. The molecule has 0 saturated carbocycles. The van der Waals surface area contributed by atoms with Crippen molar-refractivity contribution in [3.63, 3.8) is 0 Å². The molecule has 8 heteroatoms. The Kier molecular flexibility index (Phi) is 4.10. The molecular formula is C11H15N5O2S. The summed E-state index contributed by atoms with van der Waals surface area (Å²) >= 11 is 1.39. The molecule has 2 aromatic rings. The molecular weight excluding hydrogens is 266 g/mol. The standard InChI is InChI=1S/C11H15N5O2S/c1-3-7-5-16(11(18)13-9(7)17)6-8-14-15-10(19-8)12-4-2/h5H,3-4,6H2,1-2H3,(H,12,15)(H,13,17,18). The van der Waals surface area contributed by atoms with Crippen molar-refractivity contribution in [1.82, 2.24) is 19.7 Å². The molecule has 0 aliphatic carbocycles. The van der Waals surface area contributed by atoms with Crippen molar-refractivity contribution < 1.29 is 0 Å². The Morgan fingerprint density at radius 1 is 1.37 bits per heavy atom. The molecule has 0 aromatic carbocycles. The quantitative estimate of drug-likeness (QED) is 0.829. The Morgan fingerprint density at radius 3 is 2.84 bits per heavy atom. The van der Waals surface area contributed by atoms with Gasteiger partial charge in [-0.3, -0.25) is 14.3 Å². The van der Waals surface area contributed by atoms with Crippen molar-refractivity contribution in [2.24, 2.45) is 0 Å². The Bertz CT molecular complexity index is 672. The summed E-state index contributed by atoms with van der Waals surface area (Å²) in [7, 11) is 0. The van der Waals surface area contributed by atoms with Crippen LogP contribution in [-0.4, -0.2) is 26.3 Å². The summed E-state index contributed by atoms with van der Waals surface area (Å²) in [5.74, 6) is 0. The van der Waals surface area contributed by atoms with Crippen LogP contribution in [0.2, 0.25) is 0 Å². The maximum atomic E-state index is 11.7. The number of aryl methyl sites for hydroxylation is 1. The fraction of sp³-hybridized carbons (Fsp3) is 0.455. The summed E-state index contributed by atoms with van der Waals surface area (Å²) in [4.78, 5) is 25.5. The molecule has 0 fully saturated rings. The van der Waals surface area contributed by atoms with Crippen LogP contribution >= 0.6 is 11.3 Å². The van der Waals surface area contributed by atoms with Crippen molar-refractivity contribution >= 4 is 16.5 Å². The Balaban J connectivity index is 2.27. The third kappa shape index (κ3) is 3.08. The van der Waals surface area contributed by atoms with E-state index >= 15 is 0 Å². The minimum Gasteiger partial charge on any atom is -0.360 e. The Hall–Kier alpha value is -1.96. The van der Waals surface area contributed by atoms with Gasteiger partial charge in [0.2, 0.25) is 5.13 Å². The number of hydrogen-bond acceptors (Lipinski definition) is 6. The fourth-order valence-corrected chi connectivity index (χ4v) is 2.42. The first kappa shape index (κ1) is 13.5. The van der Waals surface area contributed by atoms with E-state index in [0.29, 0.717) is 23.5 Å². The number of H-pyrrole nitrogens is 1. The average Bonchev–Trinajstić information content (AvgIpc) is 2.81. The lowest BCUT2D eigenvalue weighted by atomic mass is 10.3. The molecule has 2 aromatic heterocycles. The van der Waals surface area contributed by atoms with E-state index in [9.17, 15) is 9.59 Å². The molecule has 2 N–H and O–H groups in total. The van der Waals surface area contributed by atoms with Gasteiger partial charge >= 0.3 is 5.69 Å². The summed E-state index contributed by atoms with van der Waals surface area (Å²) in [5, 5.41) is 12.5. The van der Waals surface area contributed by atoms with Gasteiger partial charge in [-0.2, -0.15) is 0 Å².